The Morgan fingerprint density at radius 1 is 0.964 bits per heavy atom. The molecule has 0 amide bonds. The number of benzene rings is 2. The number of oxazole rings is 1. The molecule has 0 radical (unpaired) electrons. The number of nitrogens with zero attached hydrogens (tertiary/aromatic N) is 2. The lowest BCUT2D eigenvalue weighted by Gasteiger charge is -2.18. The highest BCUT2D eigenvalue weighted by Crippen LogP contribution is 2.26. The Hall–Kier alpha value is -2.80. The van der Waals surface area contributed by atoms with Gasteiger partial charge in [0.1, 0.15) is 11.5 Å². The highest BCUT2D eigenvalue weighted by molar-refractivity contribution is 7.92. The van der Waals surface area contributed by atoms with Crippen LogP contribution in [0.3, 0.4) is 0 Å². The summed E-state index contributed by atoms with van der Waals surface area (Å²) in [5, 5.41) is 0. The third kappa shape index (κ3) is 3.75. The number of aryl methyl sites for hydroxylation is 2. The van der Waals surface area contributed by atoms with E-state index in [-0.39, 0.29) is 4.90 Å². The molecule has 0 atom stereocenters. The molecule has 0 saturated carbocycles. The molecule has 7 heteroatoms. The number of rotatable bonds is 5. The van der Waals surface area contributed by atoms with Gasteiger partial charge in [-0.3, -0.25) is 4.72 Å². The number of hydrogen-bond donors (Lipinski definition) is 1. The zero-order chi connectivity index (χ0) is 19.7. The van der Waals surface area contributed by atoms with Crippen LogP contribution < -0.4 is 9.62 Å². The summed E-state index contributed by atoms with van der Waals surface area (Å²) in [7, 11) is -3.66. The highest BCUT2D eigenvalue weighted by atomic mass is 32.2. The van der Waals surface area contributed by atoms with E-state index in [0.29, 0.717) is 17.3 Å². The van der Waals surface area contributed by atoms with Gasteiger partial charge in [-0.25, -0.2) is 13.4 Å². The van der Waals surface area contributed by atoms with Crippen LogP contribution in [-0.4, -0.2) is 26.5 Å². The van der Waals surface area contributed by atoms with Crippen LogP contribution in [0, 0.1) is 13.8 Å². The molecule has 3 aromatic rings. The fourth-order valence-corrected chi connectivity index (χ4v) is 4.58. The van der Waals surface area contributed by atoms with Gasteiger partial charge in [0.2, 0.25) is 0 Å². The summed E-state index contributed by atoms with van der Waals surface area (Å²) in [4.78, 5) is 6.86. The van der Waals surface area contributed by atoms with Gasteiger partial charge in [0.05, 0.1) is 4.90 Å². The monoisotopic (exact) mass is 397 g/mol. The third-order valence-corrected chi connectivity index (χ3v) is 6.33. The second-order valence-corrected chi connectivity index (χ2v) is 8.69. The van der Waals surface area contributed by atoms with Crippen LogP contribution in [0.2, 0.25) is 0 Å². The van der Waals surface area contributed by atoms with E-state index >= 15 is 0 Å². The van der Waals surface area contributed by atoms with Gasteiger partial charge in [0.15, 0.2) is 5.89 Å². The molecule has 1 aromatic heterocycles. The topological polar surface area (TPSA) is 75.4 Å². The fourth-order valence-electron chi connectivity index (χ4n) is 3.52. The number of nitrogens with one attached hydrogen (secondary N) is 1. The predicted molar refractivity (Wildman–Crippen MR) is 110 cm³/mol. The van der Waals surface area contributed by atoms with Gasteiger partial charge in [-0.1, -0.05) is 12.1 Å². The maximum absolute atomic E-state index is 12.7. The molecular weight excluding hydrogens is 374 g/mol. The Bertz CT molecular complexity index is 1070. The minimum absolute atomic E-state index is 0.206. The van der Waals surface area contributed by atoms with E-state index in [2.05, 4.69) is 14.6 Å². The molecule has 4 rings (SSSR count). The SMILES string of the molecule is Cc1nc(-c2ccc(S(=O)(=O)Nc3ccc(N4CCCC4)cc3)cc2)c(C)o1. The smallest absolute Gasteiger partial charge is 0.261 e. The Labute approximate surface area is 165 Å². The first-order valence-corrected chi connectivity index (χ1v) is 10.8. The quantitative estimate of drug-likeness (QED) is 0.692. The lowest BCUT2D eigenvalue weighted by molar-refractivity contribution is 0.495. The maximum Gasteiger partial charge on any atom is 0.261 e. The van der Waals surface area contributed by atoms with Gasteiger partial charge in [0.25, 0.3) is 10.0 Å². The van der Waals surface area contributed by atoms with Crippen molar-refractivity contribution in [1.82, 2.24) is 4.98 Å². The van der Waals surface area contributed by atoms with Crippen molar-refractivity contribution in [3.63, 3.8) is 0 Å². The van der Waals surface area contributed by atoms with Crippen LogP contribution in [-0.2, 0) is 10.0 Å². The van der Waals surface area contributed by atoms with E-state index in [1.165, 1.54) is 12.8 Å². The van der Waals surface area contributed by atoms with Gasteiger partial charge >= 0.3 is 0 Å². The second-order valence-electron chi connectivity index (χ2n) is 7.01. The molecule has 6 nitrogen and oxygen atoms in total. The number of anilines is 2. The van der Waals surface area contributed by atoms with Crippen molar-refractivity contribution in [1.29, 1.82) is 0 Å². The molecule has 0 bridgehead atoms. The predicted octanol–water partition coefficient (Wildman–Crippen LogP) is 4.36. The van der Waals surface area contributed by atoms with Crippen LogP contribution in [0.5, 0.6) is 0 Å². The average molecular weight is 398 g/mol. The number of hydrogen-bond acceptors (Lipinski definition) is 5. The zero-order valence-corrected chi connectivity index (χ0v) is 16.8. The summed E-state index contributed by atoms with van der Waals surface area (Å²) in [6, 6.07) is 14.2. The first kappa shape index (κ1) is 18.6. The first-order valence-electron chi connectivity index (χ1n) is 9.35. The average Bonchev–Trinajstić information content (AvgIpc) is 3.32. The largest absolute Gasteiger partial charge is 0.446 e. The van der Waals surface area contributed by atoms with E-state index in [4.69, 9.17) is 4.42 Å². The fraction of sp³-hybridized carbons (Fsp3) is 0.286. The van der Waals surface area contributed by atoms with Gasteiger partial charge in [-0.2, -0.15) is 0 Å². The van der Waals surface area contributed by atoms with Crippen LogP contribution in [0.25, 0.3) is 11.3 Å². The van der Waals surface area contributed by atoms with Crippen molar-refractivity contribution < 1.29 is 12.8 Å². The van der Waals surface area contributed by atoms with Gasteiger partial charge < -0.3 is 9.32 Å². The molecule has 2 heterocycles. The molecule has 1 aliphatic heterocycles. The Kier molecular flexibility index (Phi) is 4.85. The van der Waals surface area contributed by atoms with Gasteiger partial charge in [0, 0.05) is 37.0 Å². The van der Waals surface area contributed by atoms with Crippen molar-refractivity contribution in [3.05, 3.63) is 60.2 Å². The van der Waals surface area contributed by atoms with Crippen LogP contribution in [0.15, 0.2) is 57.8 Å². The maximum atomic E-state index is 12.7. The summed E-state index contributed by atoms with van der Waals surface area (Å²) in [6.45, 7) is 5.74. The molecule has 0 unspecified atom stereocenters. The number of aromatic nitrogens is 1. The first-order chi connectivity index (χ1) is 13.4. The Balaban J connectivity index is 1.51. The van der Waals surface area contributed by atoms with Crippen LogP contribution >= 0.6 is 0 Å². The highest BCUT2D eigenvalue weighted by Gasteiger charge is 2.17. The van der Waals surface area contributed by atoms with Crippen molar-refractivity contribution in [2.24, 2.45) is 0 Å². The molecule has 146 valence electrons. The molecule has 2 aromatic carbocycles. The summed E-state index contributed by atoms with van der Waals surface area (Å²) >= 11 is 0. The lowest BCUT2D eigenvalue weighted by Crippen LogP contribution is -2.17. The van der Waals surface area contributed by atoms with Crippen molar-refractivity contribution in [2.75, 3.05) is 22.7 Å². The summed E-state index contributed by atoms with van der Waals surface area (Å²) in [5.41, 5.74) is 3.23. The third-order valence-electron chi connectivity index (χ3n) is 4.93. The van der Waals surface area contributed by atoms with Crippen molar-refractivity contribution in [2.45, 2.75) is 31.6 Å². The zero-order valence-electron chi connectivity index (χ0n) is 16.0. The lowest BCUT2D eigenvalue weighted by atomic mass is 10.1. The molecule has 0 spiro atoms. The molecule has 1 saturated heterocycles. The second kappa shape index (κ2) is 7.31. The summed E-state index contributed by atoms with van der Waals surface area (Å²) in [6.07, 6.45) is 2.41. The summed E-state index contributed by atoms with van der Waals surface area (Å²) in [5.74, 6) is 1.30. The molecule has 1 N–H and O–H groups in total. The normalized spacial score (nSPS) is 14.4. The Morgan fingerprint density at radius 3 is 2.18 bits per heavy atom. The molecule has 28 heavy (non-hydrogen) atoms. The molecule has 1 aliphatic rings. The summed E-state index contributed by atoms with van der Waals surface area (Å²) < 4.78 is 33.5. The van der Waals surface area contributed by atoms with E-state index in [1.807, 2.05) is 19.1 Å². The van der Waals surface area contributed by atoms with Gasteiger partial charge in [-0.05, 0) is 56.2 Å². The van der Waals surface area contributed by atoms with Crippen LogP contribution in [0.1, 0.15) is 24.5 Å². The van der Waals surface area contributed by atoms with Crippen molar-refractivity contribution >= 4 is 21.4 Å². The molecule has 0 aliphatic carbocycles. The minimum atomic E-state index is -3.66. The van der Waals surface area contributed by atoms with Crippen molar-refractivity contribution in [3.8, 4) is 11.3 Å². The molecule has 1 fully saturated rings. The van der Waals surface area contributed by atoms with E-state index in [1.54, 1.807) is 43.3 Å². The standard InChI is InChI=1S/C21H23N3O3S/c1-15-21(22-16(2)27-15)17-5-11-20(12-6-17)28(25,26)23-18-7-9-19(10-8-18)24-13-3-4-14-24/h5-12,23H,3-4,13-14H2,1-2H3. The minimum Gasteiger partial charge on any atom is -0.446 e. The van der Waals surface area contributed by atoms with Crippen LogP contribution in [0.4, 0.5) is 11.4 Å². The van der Waals surface area contributed by atoms with E-state index in [9.17, 15) is 8.42 Å². The van der Waals surface area contributed by atoms with E-state index < -0.39 is 10.0 Å². The van der Waals surface area contributed by atoms with Gasteiger partial charge in [-0.15, -0.1) is 0 Å². The van der Waals surface area contributed by atoms with E-state index in [0.717, 1.165) is 30.0 Å². The molecular formula is C21H23N3O3S. The Morgan fingerprint density at radius 2 is 1.61 bits per heavy atom. The number of sulfonamides is 1.